The van der Waals surface area contributed by atoms with Gasteiger partial charge in [0, 0.05) is 24.0 Å². The monoisotopic (exact) mass is 324 g/mol. The summed E-state index contributed by atoms with van der Waals surface area (Å²) >= 11 is 3.20. The number of hydrogen-bond acceptors (Lipinski definition) is 6. The van der Waals surface area contributed by atoms with Gasteiger partial charge in [0.15, 0.2) is 6.20 Å². The van der Waals surface area contributed by atoms with E-state index in [2.05, 4.69) is 30.9 Å². The van der Waals surface area contributed by atoms with Gasteiger partial charge in [-0.25, -0.2) is 9.97 Å². The smallest absolute Gasteiger partial charge is 0.406 e. The van der Waals surface area contributed by atoms with Crippen molar-refractivity contribution in [3.8, 4) is 5.75 Å². The Kier molecular flexibility index (Phi) is 4.00. The van der Waals surface area contributed by atoms with Crippen LogP contribution in [-0.4, -0.2) is 19.9 Å². The molecule has 0 saturated carbocycles. The highest BCUT2D eigenvalue weighted by Gasteiger charge is 2.20. The summed E-state index contributed by atoms with van der Waals surface area (Å²) in [6.45, 7) is 1.75. The molecular weight excluding hydrogens is 316 g/mol. The lowest BCUT2D eigenvalue weighted by molar-refractivity contribution is -0.390. The van der Waals surface area contributed by atoms with Crippen molar-refractivity contribution in [1.82, 2.24) is 15.0 Å². The Morgan fingerprint density at radius 3 is 2.68 bits per heavy atom. The zero-order valence-corrected chi connectivity index (χ0v) is 11.4. The topological polar surface area (TPSA) is 91.0 Å². The molecule has 0 aliphatic heterocycles. The zero-order chi connectivity index (χ0) is 13.8. The van der Waals surface area contributed by atoms with E-state index in [0.717, 1.165) is 5.56 Å². The second kappa shape index (κ2) is 5.70. The van der Waals surface area contributed by atoms with Gasteiger partial charge in [-0.3, -0.25) is 0 Å². The minimum atomic E-state index is -0.587. The highest BCUT2D eigenvalue weighted by molar-refractivity contribution is 9.10. The Hall–Kier alpha value is -2.09. The van der Waals surface area contributed by atoms with E-state index in [9.17, 15) is 10.1 Å². The molecule has 2 aromatic heterocycles. The molecule has 0 fully saturated rings. The highest BCUT2D eigenvalue weighted by atomic mass is 79.9. The Morgan fingerprint density at radius 1 is 1.37 bits per heavy atom. The van der Waals surface area contributed by atoms with Gasteiger partial charge in [0.1, 0.15) is 12.4 Å². The molecule has 0 bridgehead atoms. The quantitative estimate of drug-likeness (QED) is 0.634. The van der Waals surface area contributed by atoms with Gasteiger partial charge in [-0.05, 0) is 32.8 Å². The largest absolute Gasteiger partial charge is 0.478 e. The Morgan fingerprint density at radius 2 is 2.05 bits per heavy atom. The van der Waals surface area contributed by atoms with Crippen molar-refractivity contribution in [1.29, 1.82) is 0 Å². The number of pyridine rings is 1. The molecule has 0 amide bonds. The molecule has 0 aromatic carbocycles. The van der Waals surface area contributed by atoms with E-state index in [1.807, 2.05) is 0 Å². The van der Waals surface area contributed by atoms with Crippen molar-refractivity contribution < 1.29 is 9.66 Å². The van der Waals surface area contributed by atoms with Crippen molar-refractivity contribution in [2.45, 2.75) is 13.0 Å². The molecule has 1 unspecified atom stereocenters. The number of ether oxygens (including phenoxy) is 1. The minimum absolute atomic E-state index is 0.0933. The van der Waals surface area contributed by atoms with Crippen LogP contribution in [-0.2, 0) is 0 Å². The van der Waals surface area contributed by atoms with Crippen LogP contribution in [0, 0.1) is 10.1 Å². The number of halogens is 1. The van der Waals surface area contributed by atoms with Crippen LogP contribution < -0.4 is 4.74 Å². The molecular formula is C11H9BrN4O3. The molecule has 2 heterocycles. The normalized spacial score (nSPS) is 11.9. The summed E-state index contributed by atoms with van der Waals surface area (Å²) < 4.78 is 6.16. The number of nitro groups is 1. The fourth-order valence-corrected chi connectivity index (χ4v) is 1.73. The number of nitrogens with zero attached hydrogens (tertiary/aromatic N) is 4. The van der Waals surface area contributed by atoms with Crippen LogP contribution in [0.15, 0.2) is 35.5 Å². The summed E-state index contributed by atoms with van der Waals surface area (Å²) in [6, 6.07) is 1.51. The van der Waals surface area contributed by atoms with Gasteiger partial charge in [-0.15, -0.1) is 0 Å². The Balaban J connectivity index is 2.28. The second-order valence-electron chi connectivity index (χ2n) is 3.66. The standard InChI is InChI=1S/C11H9BrN4O3/c1-7(8-3-13-6-14-4-8)19-10-2-9(12)5-15-11(10)16(17)18/h2-7H,1H3. The van der Waals surface area contributed by atoms with Crippen molar-refractivity contribution in [3.63, 3.8) is 0 Å². The van der Waals surface area contributed by atoms with Gasteiger partial charge in [0.05, 0.1) is 4.47 Å². The maximum absolute atomic E-state index is 10.9. The van der Waals surface area contributed by atoms with Crippen LogP contribution in [0.3, 0.4) is 0 Å². The van der Waals surface area contributed by atoms with Gasteiger partial charge < -0.3 is 14.9 Å². The minimum Gasteiger partial charge on any atom is -0.478 e. The summed E-state index contributed by atoms with van der Waals surface area (Å²) in [5.74, 6) is -0.234. The van der Waals surface area contributed by atoms with Crippen LogP contribution in [0.25, 0.3) is 0 Å². The van der Waals surface area contributed by atoms with Crippen molar-refractivity contribution >= 4 is 21.7 Å². The summed E-state index contributed by atoms with van der Waals surface area (Å²) in [4.78, 5) is 21.8. The first-order valence-electron chi connectivity index (χ1n) is 5.29. The van der Waals surface area contributed by atoms with Gasteiger partial charge in [-0.1, -0.05) is 0 Å². The molecule has 8 heteroatoms. The SMILES string of the molecule is CC(Oc1cc(Br)cnc1[N+](=O)[O-])c1cncnc1. The van der Waals surface area contributed by atoms with Crippen LogP contribution >= 0.6 is 15.9 Å². The predicted molar refractivity (Wildman–Crippen MR) is 69.7 cm³/mol. The van der Waals surface area contributed by atoms with Gasteiger partial charge in [0.2, 0.25) is 5.75 Å². The van der Waals surface area contributed by atoms with Gasteiger partial charge in [-0.2, -0.15) is 0 Å². The second-order valence-corrected chi connectivity index (χ2v) is 4.58. The first kappa shape index (κ1) is 13.3. The summed E-state index contributed by atoms with van der Waals surface area (Å²) in [5.41, 5.74) is 0.719. The molecule has 7 nitrogen and oxygen atoms in total. The number of hydrogen-bond donors (Lipinski definition) is 0. The molecule has 0 saturated heterocycles. The molecule has 2 rings (SSSR count). The first-order chi connectivity index (χ1) is 9.08. The number of aromatic nitrogens is 3. The fraction of sp³-hybridized carbons (Fsp3) is 0.182. The molecule has 0 N–H and O–H groups in total. The summed E-state index contributed by atoms with van der Waals surface area (Å²) in [5, 5.41) is 10.9. The summed E-state index contributed by atoms with van der Waals surface area (Å²) in [6.07, 6.45) is 5.51. The van der Waals surface area contributed by atoms with Crippen molar-refractivity contribution in [3.05, 3.63) is 51.1 Å². The van der Waals surface area contributed by atoms with Crippen LogP contribution in [0.5, 0.6) is 5.75 Å². The zero-order valence-electron chi connectivity index (χ0n) is 9.86. The molecule has 0 aliphatic carbocycles. The summed E-state index contributed by atoms with van der Waals surface area (Å²) in [7, 11) is 0. The molecule has 0 radical (unpaired) electrons. The Bertz CT molecular complexity index is 594. The van der Waals surface area contributed by atoms with Crippen molar-refractivity contribution in [2.75, 3.05) is 0 Å². The van der Waals surface area contributed by atoms with E-state index in [1.165, 1.54) is 18.6 Å². The van der Waals surface area contributed by atoms with E-state index in [4.69, 9.17) is 4.74 Å². The molecule has 0 spiro atoms. The molecule has 2 aromatic rings. The lowest BCUT2D eigenvalue weighted by Crippen LogP contribution is -2.06. The van der Waals surface area contributed by atoms with E-state index < -0.39 is 11.0 Å². The maximum Gasteiger partial charge on any atom is 0.406 e. The van der Waals surface area contributed by atoms with Crippen LogP contribution in [0.2, 0.25) is 0 Å². The highest BCUT2D eigenvalue weighted by Crippen LogP contribution is 2.31. The van der Waals surface area contributed by atoms with Crippen LogP contribution in [0.4, 0.5) is 5.82 Å². The van der Waals surface area contributed by atoms with Crippen LogP contribution in [0.1, 0.15) is 18.6 Å². The lowest BCUT2D eigenvalue weighted by atomic mass is 10.2. The van der Waals surface area contributed by atoms with Gasteiger partial charge >= 0.3 is 5.82 Å². The van der Waals surface area contributed by atoms with Crippen molar-refractivity contribution in [2.24, 2.45) is 0 Å². The fourth-order valence-electron chi connectivity index (χ4n) is 1.42. The third kappa shape index (κ3) is 3.22. The lowest BCUT2D eigenvalue weighted by Gasteiger charge is -2.13. The maximum atomic E-state index is 10.9. The Labute approximate surface area is 117 Å². The average molecular weight is 325 g/mol. The van der Waals surface area contributed by atoms with E-state index in [0.29, 0.717) is 4.47 Å². The predicted octanol–water partition coefficient (Wildman–Crippen LogP) is 2.68. The van der Waals surface area contributed by atoms with Gasteiger partial charge in [0.25, 0.3) is 0 Å². The average Bonchev–Trinajstić information content (AvgIpc) is 2.39. The van der Waals surface area contributed by atoms with E-state index in [-0.39, 0.29) is 11.6 Å². The molecule has 1 atom stereocenters. The van der Waals surface area contributed by atoms with E-state index in [1.54, 1.807) is 19.3 Å². The molecule has 0 aliphatic rings. The first-order valence-corrected chi connectivity index (χ1v) is 6.08. The molecule has 19 heavy (non-hydrogen) atoms. The number of rotatable bonds is 4. The third-order valence-electron chi connectivity index (χ3n) is 2.33. The molecule has 98 valence electrons. The van der Waals surface area contributed by atoms with E-state index >= 15 is 0 Å². The third-order valence-corrected chi connectivity index (χ3v) is 2.76.